The van der Waals surface area contributed by atoms with Gasteiger partial charge in [-0.05, 0) is 42.7 Å². The van der Waals surface area contributed by atoms with E-state index in [4.69, 9.17) is 4.74 Å². The first-order valence-corrected chi connectivity index (χ1v) is 12.9. The van der Waals surface area contributed by atoms with Gasteiger partial charge in [-0.1, -0.05) is 30.3 Å². The Morgan fingerprint density at radius 2 is 1.73 bits per heavy atom. The van der Waals surface area contributed by atoms with Gasteiger partial charge in [0.2, 0.25) is 0 Å². The summed E-state index contributed by atoms with van der Waals surface area (Å²) in [6.45, 7) is 5.00. The van der Waals surface area contributed by atoms with Gasteiger partial charge in [0, 0.05) is 56.1 Å². The van der Waals surface area contributed by atoms with Crippen LogP contribution in [-0.4, -0.2) is 71.1 Å². The van der Waals surface area contributed by atoms with Crippen molar-refractivity contribution in [1.29, 1.82) is 0 Å². The summed E-state index contributed by atoms with van der Waals surface area (Å²) in [6.07, 6.45) is 2.02. The molecule has 1 aromatic heterocycles. The van der Waals surface area contributed by atoms with Gasteiger partial charge in [0.1, 0.15) is 0 Å². The quantitative estimate of drug-likeness (QED) is 0.518. The molecular formula is C28H32N6O3. The van der Waals surface area contributed by atoms with E-state index < -0.39 is 6.10 Å². The minimum atomic E-state index is -0.675. The zero-order valence-corrected chi connectivity index (χ0v) is 21.0. The van der Waals surface area contributed by atoms with Crippen molar-refractivity contribution in [1.82, 2.24) is 20.0 Å². The Hall–Kier alpha value is -3.69. The first-order chi connectivity index (χ1) is 18.1. The number of amides is 2. The number of H-pyrrole nitrogens is 1. The van der Waals surface area contributed by atoms with Crippen LogP contribution >= 0.6 is 0 Å². The van der Waals surface area contributed by atoms with E-state index in [-0.39, 0.29) is 11.8 Å². The number of carbonyl (C=O) groups is 2. The maximum atomic E-state index is 13.2. The number of aromatic nitrogens is 2. The molecular weight excluding hydrogens is 468 g/mol. The van der Waals surface area contributed by atoms with E-state index in [0.717, 1.165) is 54.7 Å². The highest BCUT2D eigenvalue weighted by molar-refractivity contribution is 6.04. The monoisotopic (exact) mass is 500 g/mol. The number of aromatic amines is 1. The number of anilines is 2. The Labute approximate surface area is 216 Å². The minimum Gasteiger partial charge on any atom is -0.369 e. The van der Waals surface area contributed by atoms with E-state index in [1.165, 1.54) is 20.0 Å². The Bertz CT molecular complexity index is 1260. The predicted octanol–water partition coefficient (Wildman–Crippen LogP) is 3.18. The molecule has 1 atom stereocenters. The van der Waals surface area contributed by atoms with Crippen LogP contribution in [0.3, 0.4) is 0 Å². The average molecular weight is 501 g/mol. The topological polar surface area (TPSA) is 93.8 Å². The number of fused-ring (bicyclic) bond motifs is 1. The van der Waals surface area contributed by atoms with Gasteiger partial charge in [-0.3, -0.25) is 19.6 Å². The standard InChI is InChI=1S/C28H32N6O3/c1-37-25(19-5-3-2-4-6-19)28(36)34-17-23-24(18-34)30-31-26(23)29-27(35)20-7-9-21(10-8-20)32-13-15-33(16-14-32)22-11-12-22/h2-10,22,25H,11-18H2,1H3,(H2,29,30,31,35)/t25-/m1/s1. The molecule has 2 N–H and O–H groups in total. The second kappa shape index (κ2) is 9.99. The molecule has 0 bridgehead atoms. The molecule has 1 saturated heterocycles. The van der Waals surface area contributed by atoms with Crippen molar-refractivity contribution in [3.8, 4) is 0 Å². The maximum absolute atomic E-state index is 13.2. The molecule has 1 aliphatic carbocycles. The Morgan fingerprint density at radius 1 is 1.00 bits per heavy atom. The van der Waals surface area contributed by atoms with Crippen molar-refractivity contribution in [3.63, 3.8) is 0 Å². The van der Waals surface area contributed by atoms with Crippen molar-refractivity contribution in [2.75, 3.05) is 43.5 Å². The molecule has 9 nitrogen and oxygen atoms in total. The van der Waals surface area contributed by atoms with Gasteiger partial charge in [0.05, 0.1) is 18.8 Å². The first-order valence-electron chi connectivity index (χ1n) is 12.9. The van der Waals surface area contributed by atoms with Crippen molar-refractivity contribution in [2.24, 2.45) is 0 Å². The summed E-state index contributed by atoms with van der Waals surface area (Å²) >= 11 is 0. The summed E-state index contributed by atoms with van der Waals surface area (Å²) in [4.78, 5) is 32.9. The van der Waals surface area contributed by atoms with Gasteiger partial charge in [-0.25, -0.2) is 0 Å². The summed E-state index contributed by atoms with van der Waals surface area (Å²) in [5, 5.41) is 10.2. The SMILES string of the molecule is CO[C@@H](C(=O)N1Cc2[nH]nc(NC(=O)c3ccc(N4CCN(C5CC5)CC4)cc3)c2C1)c1ccccc1. The third-order valence-electron chi connectivity index (χ3n) is 7.63. The number of nitrogens with zero attached hydrogens (tertiary/aromatic N) is 4. The smallest absolute Gasteiger partial charge is 0.256 e. The lowest BCUT2D eigenvalue weighted by Gasteiger charge is -2.36. The number of methoxy groups -OCH3 is 1. The highest BCUT2D eigenvalue weighted by atomic mass is 16.5. The van der Waals surface area contributed by atoms with Gasteiger partial charge in [0.15, 0.2) is 11.9 Å². The average Bonchev–Trinajstić information content (AvgIpc) is 3.60. The number of rotatable bonds is 7. The fourth-order valence-electron chi connectivity index (χ4n) is 5.36. The van der Waals surface area contributed by atoms with Crippen LogP contribution in [0, 0.1) is 0 Å². The molecule has 2 amide bonds. The highest BCUT2D eigenvalue weighted by Crippen LogP contribution is 2.31. The lowest BCUT2D eigenvalue weighted by atomic mass is 10.1. The van der Waals surface area contributed by atoms with E-state index in [1.807, 2.05) is 54.6 Å². The molecule has 3 aliphatic rings. The molecule has 0 radical (unpaired) electrons. The van der Waals surface area contributed by atoms with E-state index in [2.05, 4.69) is 25.3 Å². The van der Waals surface area contributed by atoms with E-state index in [0.29, 0.717) is 24.5 Å². The normalized spacial score (nSPS) is 18.5. The van der Waals surface area contributed by atoms with E-state index >= 15 is 0 Å². The summed E-state index contributed by atoms with van der Waals surface area (Å²) < 4.78 is 5.52. The van der Waals surface area contributed by atoms with Crippen LogP contribution < -0.4 is 10.2 Å². The summed E-state index contributed by atoms with van der Waals surface area (Å²) in [5.74, 6) is 0.122. The van der Waals surface area contributed by atoms with E-state index in [1.54, 1.807) is 4.90 Å². The number of piperazine rings is 1. The van der Waals surface area contributed by atoms with Crippen LogP contribution in [0.15, 0.2) is 54.6 Å². The second-order valence-electron chi connectivity index (χ2n) is 10.0. The molecule has 3 heterocycles. The number of nitrogens with one attached hydrogen (secondary N) is 2. The molecule has 192 valence electrons. The lowest BCUT2D eigenvalue weighted by Crippen LogP contribution is -2.47. The zero-order chi connectivity index (χ0) is 25.4. The van der Waals surface area contributed by atoms with Crippen molar-refractivity contribution in [3.05, 3.63) is 77.0 Å². The van der Waals surface area contributed by atoms with Gasteiger partial charge >= 0.3 is 0 Å². The Morgan fingerprint density at radius 3 is 2.41 bits per heavy atom. The number of carbonyl (C=O) groups excluding carboxylic acids is 2. The molecule has 2 aromatic carbocycles. The van der Waals surface area contributed by atoms with E-state index in [9.17, 15) is 9.59 Å². The van der Waals surface area contributed by atoms with Crippen LogP contribution in [0.1, 0.15) is 46.1 Å². The highest BCUT2D eigenvalue weighted by Gasteiger charge is 2.34. The first kappa shape index (κ1) is 23.7. The van der Waals surface area contributed by atoms with Crippen molar-refractivity contribution >= 4 is 23.3 Å². The van der Waals surface area contributed by atoms with Crippen LogP contribution in [0.5, 0.6) is 0 Å². The summed E-state index contributed by atoms with van der Waals surface area (Å²) in [5.41, 5.74) is 4.19. The van der Waals surface area contributed by atoms with Crippen LogP contribution in [0.4, 0.5) is 11.5 Å². The van der Waals surface area contributed by atoms with Crippen LogP contribution in [0.25, 0.3) is 0 Å². The molecule has 2 fully saturated rings. The fraction of sp³-hybridized carbons (Fsp3) is 0.393. The predicted molar refractivity (Wildman–Crippen MR) is 140 cm³/mol. The summed E-state index contributed by atoms with van der Waals surface area (Å²) in [7, 11) is 1.54. The number of hydrogen-bond acceptors (Lipinski definition) is 6. The van der Waals surface area contributed by atoms with Gasteiger partial charge in [-0.2, -0.15) is 5.10 Å². The third kappa shape index (κ3) is 4.84. The number of benzene rings is 2. The molecule has 1 saturated carbocycles. The molecule has 0 unspecified atom stereocenters. The Balaban J connectivity index is 1.08. The molecule has 6 rings (SSSR count). The van der Waals surface area contributed by atoms with Gasteiger partial charge in [-0.15, -0.1) is 0 Å². The summed E-state index contributed by atoms with van der Waals surface area (Å²) in [6, 6.07) is 18.0. The van der Waals surface area contributed by atoms with Crippen molar-refractivity contribution in [2.45, 2.75) is 38.1 Å². The number of ether oxygens (including phenoxy) is 1. The second-order valence-corrected chi connectivity index (χ2v) is 10.0. The number of hydrogen-bond donors (Lipinski definition) is 2. The molecule has 0 spiro atoms. The lowest BCUT2D eigenvalue weighted by molar-refractivity contribution is -0.143. The minimum absolute atomic E-state index is 0.121. The third-order valence-corrected chi connectivity index (χ3v) is 7.63. The fourth-order valence-corrected chi connectivity index (χ4v) is 5.36. The van der Waals surface area contributed by atoms with Crippen molar-refractivity contribution < 1.29 is 14.3 Å². The molecule has 3 aromatic rings. The molecule has 2 aliphatic heterocycles. The Kier molecular flexibility index (Phi) is 6.40. The molecule has 9 heteroatoms. The maximum Gasteiger partial charge on any atom is 0.256 e. The van der Waals surface area contributed by atoms with Crippen LogP contribution in [0.2, 0.25) is 0 Å². The van der Waals surface area contributed by atoms with Gasteiger partial charge in [0.25, 0.3) is 11.8 Å². The zero-order valence-electron chi connectivity index (χ0n) is 21.0. The van der Waals surface area contributed by atoms with Crippen LogP contribution in [-0.2, 0) is 22.6 Å². The largest absolute Gasteiger partial charge is 0.369 e. The molecule has 37 heavy (non-hydrogen) atoms. The van der Waals surface area contributed by atoms with Gasteiger partial charge < -0.3 is 19.9 Å².